The van der Waals surface area contributed by atoms with Crippen LogP contribution < -0.4 is 5.46 Å². The zero-order chi connectivity index (χ0) is 15.1. The normalized spacial score (nSPS) is 19.7. The minimum absolute atomic E-state index is 0.314. The molecule has 3 rings (SSSR count). The third-order valence-electron chi connectivity index (χ3n) is 4.35. The minimum atomic E-state index is -0.320. The number of aromatic nitrogens is 2. The summed E-state index contributed by atoms with van der Waals surface area (Å²) in [5.74, 6) is 0. The van der Waals surface area contributed by atoms with Gasteiger partial charge in [0.15, 0.2) is 0 Å². The Morgan fingerprint density at radius 1 is 0.810 bits per heavy atom. The molecule has 0 amide bonds. The molecule has 1 fully saturated rings. The molecule has 4 nitrogen and oxygen atoms in total. The van der Waals surface area contributed by atoms with Crippen LogP contribution in [0, 0.1) is 0 Å². The van der Waals surface area contributed by atoms with Crippen molar-refractivity contribution >= 4 is 12.6 Å². The number of nitrogens with zero attached hydrogens (tertiary/aromatic N) is 2. The van der Waals surface area contributed by atoms with Crippen molar-refractivity contribution in [1.82, 2.24) is 10.2 Å². The minimum Gasteiger partial charge on any atom is -0.399 e. The summed E-state index contributed by atoms with van der Waals surface area (Å²) in [7, 11) is -0.320. The Kier molecular flexibility index (Phi) is 3.34. The van der Waals surface area contributed by atoms with E-state index in [4.69, 9.17) is 9.31 Å². The molecule has 0 unspecified atom stereocenters. The van der Waals surface area contributed by atoms with Crippen molar-refractivity contribution in [2.45, 2.75) is 38.9 Å². The predicted octanol–water partition coefficient (Wildman–Crippen LogP) is 2.44. The maximum absolute atomic E-state index is 6.05. The lowest BCUT2D eigenvalue weighted by Gasteiger charge is -2.32. The summed E-state index contributed by atoms with van der Waals surface area (Å²) < 4.78 is 12.1. The van der Waals surface area contributed by atoms with Crippen LogP contribution in [0.15, 0.2) is 42.7 Å². The SMILES string of the molecule is CC1(C)OB(c2ccc(-c3ccnnc3)cc2)OC1(C)C. The molecule has 1 aliphatic rings. The summed E-state index contributed by atoms with van der Waals surface area (Å²) in [6, 6.07) is 10.1. The van der Waals surface area contributed by atoms with Gasteiger partial charge in [-0.15, -0.1) is 0 Å². The molecule has 1 saturated heterocycles. The van der Waals surface area contributed by atoms with Crippen LogP contribution >= 0.6 is 0 Å². The van der Waals surface area contributed by atoms with Crippen molar-refractivity contribution in [3.8, 4) is 11.1 Å². The Morgan fingerprint density at radius 3 is 1.95 bits per heavy atom. The first-order valence-electron chi connectivity index (χ1n) is 7.12. The van der Waals surface area contributed by atoms with Crippen LogP contribution in [0.4, 0.5) is 0 Å². The fourth-order valence-electron chi connectivity index (χ4n) is 2.27. The second-order valence-corrected chi connectivity index (χ2v) is 6.34. The molecule has 0 saturated carbocycles. The monoisotopic (exact) mass is 282 g/mol. The van der Waals surface area contributed by atoms with E-state index in [1.54, 1.807) is 12.4 Å². The molecule has 1 aromatic heterocycles. The van der Waals surface area contributed by atoms with E-state index in [0.717, 1.165) is 16.6 Å². The molecule has 21 heavy (non-hydrogen) atoms. The summed E-state index contributed by atoms with van der Waals surface area (Å²) in [4.78, 5) is 0. The largest absolute Gasteiger partial charge is 0.494 e. The molecule has 0 atom stereocenters. The lowest BCUT2D eigenvalue weighted by Crippen LogP contribution is -2.41. The number of benzene rings is 1. The maximum atomic E-state index is 6.05. The predicted molar refractivity (Wildman–Crippen MR) is 83.2 cm³/mol. The van der Waals surface area contributed by atoms with Gasteiger partial charge in [0, 0.05) is 5.56 Å². The van der Waals surface area contributed by atoms with Crippen molar-refractivity contribution in [3.63, 3.8) is 0 Å². The fraction of sp³-hybridized carbons (Fsp3) is 0.375. The van der Waals surface area contributed by atoms with E-state index in [-0.39, 0.29) is 18.3 Å². The van der Waals surface area contributed by atoms with Gasteiger partial charge in [-0.3, -0.25) is 0 Å². The molecule has 108 valence electrons. The molecule has 0 spiro atoms. The van der Waals surface area contributed by atoms with Crippen LogP contribution in [0.25, 0.3) is 11.1 Å². The Morgan fingerprint density at radius 2 is 1.43 bits per heavy atom. The summed E-state index contributed by atoms with van der Waals surface area (Å²) >= 11 is 0. The highest BCUT2D eigenvalue weighted by Crippen LogP contribution is 2.36. The van der Waals surface area contributed by atoms with E-state index in [1.165, 1.54) is 0 Å². The van der Waals surface area contributed by atoms with Crippen LogP contribution in [-0.2, 0) is 9.31 Å². The standard InChI is InChI=1S/C16H19BN2O2/c1-15(2)16(3,4)21-17(20-15)14-7-5-12(6-8-14)13-9-10-18-19-11-13/h5-11H,1-4H3. The van der Waals surface area contributed by atoms with Crippen LogP contribution in [0.3, 0.4) is 0 Å². The number of hydrogen-bond acceptors (Lipinski definition) is 4. The molecule has 0 bridgehead atoms. The molecule has 0 radical (unpaired) electrons. The molecular formula is C16H19BN2O2. The second kappa shape index (κ2) is 4.93. The van der Waals surface area contributed by atoms with E-state index in [9.17, 15) is 0 Å². The Labute approximate surface area is 125 Å². The highest BCUT2D eigenvalue weighted by Gasteiger charge is 2.51. The van der Waals surface area contributed by atoms with Crippen molar-refractivity contribution in [2.75, 3.05) is 0 Å². The summed E-state index contributed by atoms with van der Waals surface area (Å²) in [5, 5.41) is 7.69. The van der Waals surface area contributed by atoms with Gasteiger partial charge in [0.2, 0.25) is 0 Å². The molecule has 2 heterocycles. The van der Waals surface area contributed by atoms with E-state index < -0.39 is 0 Å². The van der Waals surface area contributed by atoms with Gasteiger partial charge in [-0.05, 0) is 44.8 Å². The van der Waals surface area contributed by atoms with Gasteiger partial charge in [-0.25, -0.2) is 0 Å². The zero-order valence-corrected chi connectivity index (χ0v) is 12.8. The van der Waals surface area contributed by atoms with Crippen LogP contribution in [0.5, 0.6) is 0 Å². The van der Waals surface area contributed by atoms with Crippen LogP contribution in [0.2, 0.25) is 0 Å². The van der Waals surface area contributed by atoms with Crippen molar-refractivity contribution in [1.29, 1.82) is 0 Å². The first-order chi connectivity index (χ1) is 9.89. The molecule has 0 N–H and O–H groups in total. The Bertz CT molecular complexity index is 610. The highest BCUT2D eigenvalue weighted by atomic mass is 16.7. The van der Waals surface area contributed by atoms with Gasteiger partial charge in [0.25, 0.3) is 0 Å². The number of rotatable bonds is 2. The molecule has 0 aliphatic carbocycles. The topological polar surface area (TPSA) is 44.2 Å². The summed E-state index contributed by atoms with van der Waals surface area (Å²) in [5.41, 5.74) is 2.55. The van der Waals surface area contributed by atoms with E-state index in [1.807, 2.05) is 18.2 Å². The average molecular weight is 282 g/mol. The quantitative estimate of drug-likeness (QED) is 0.794. The van der Waals surface area contributed by atoms with E-state index in [2.05, 4.69) is 50.0 Å². The summed E-state index contributed by atoms with van der Waals surface area (Å²) in [6.45, 7) is 8.24. The van der Waals surface area contributed by atoms with Crippen molar-refractivity contribution < 1.29 is 9.31 Å². The highest BCUT2D eigenvalue weighted by molar-refractivity contribution is 6.62. The van der Waals surface area contributed by atoms with Gasteiger partial charge in [0.05, 0.1) is 23.6 Å². The molecule has 1 aliphatic heterocycles. The lowest BCUT2D eigenvalue weighted by molar-refractivity contribution is 0.00578. The van der Waals surface area contributed by atoms with Gasteiger partial charge in [-0.1, -0.05) is 24.3 Å². The first-order valence-corrected chi connectivity index (χ1v) is 7.12. The van der Waals surface area contributed by atoms with Crippen molar-refractivity contribution in [2.24, 2.45) is 0 Å². The van der Waals surface area contributed by atoms with E-state index in [0.29, 0.717) is 0 Å². The molecule has 2 aromatic rings. The molecule has 5 heteroatoms. The van der Waals surface area contributed by atoms with Gasteiger partial charge >= 0.3 is 7.12 Å². The van der Waals surface area contributed by atoms with Crippen LogP contribution in [0.1, 0.15) is 27.7 Å². The Balaban J connectivity index is 1.83. The van der Waals surface area contributed by atoms with Gasteiger partial charge in [-0.2, -0.15) is 10.2 Å². The first kappa shape index (κ1) is 14.2. The zero-order valence-electron chi connectivity index (χ0n) is 12.8. The van der Waals surface area contributed by atoms with Gasteiger partial charge in [0.1, 0.15) is 0 Å². The second-order valence-electron chi connectivity index (χ2n) is 6.34. The van der Waals surface area contributed by atoms with Gasteiger partial charge < -0.3 is 9.31 Å². The maximum Gasteiger partial charge on any atom is 0.494 e. The molecular weight excluding hydrogens is 263 g/mol. The fourth-order valence-corrected chi connectivity index (χ4v) is 2.27. The van der Waals surface area contributed by atoms with Crippen LogP contribution in [-0.4, -0.2) is 28.5 Å². The third kappa shape index (κ3) is 2.59. The lowest BCUT2D eigenvalue weighted by atomic mass is 9.78. The van der Waals surface area contributed by atoms with Crippen molar-refractivity contribution in [3.05, 3.63) is 42.7 Å². The summed E-state index contributed by atoms with van der Waals surface area (Å²) in [6.07, 6.45) is 3.45. The Hall–Kier alpha value is -1.72. The number of hydrogen-bond donors (Lipinski definition) is 0. The smallest absolute Gasteiger partial charge is 0.399 e. The third-order valence-corrected chi connectivity index (χ3v) is 4.35. The average Bonchev–Trinajstić information content (AvgIpc) is 2.69. The molecule has 1 aromatic carbocycles. The van der Waals surface area contributed by atoms with E-state index >= 15 is 0 Å².